The smallest absolute Gasteiger partial charge is 0.196 e. The van der Waals surface area contributed by atoms with Gasteiger partial charge in [-0.1, -0.05) is 6.07 Å². The third-order valence-electron chi connectivity index (χ3n) is 5.52. The molecule has 0 radical (unpaired) electrons. The van der Waals surface area contributed by atoms with Gasteiger partial charge in [0.25, 0.3) is 0 Å². The number of fused-ring (bicyclic) bond motifs is 4. The molecule has 138 valence electrons. The number of hydrogen-bond donors (Lipinski definition) is 0. The molecule has 0 saturated carbocycles. The molecular formula is C23H15IO2S2. The van der Waals surface area contributed by atoms with Crippen LogP contribution >= 0.6 is 45.3 Å². The molecule has 5 rings (SSSR count). The van der Waals surface area contributed by atoms with Crippen molar-refractivity contribution in [1.82, 2.24) is 0 Å². The molecule has 2 heterocycles. The summed E-state index contributed by atoms with van der Waals surface area (Å²) in [6, 6.07) is 12.0. The van der Waals surface area contributed by atoms with Gasteiger partial charge in [0.05, 0.1) is 0 Å². The molecule has 0 spiro atoms. The lowest BCUT2D eigenvalue weighted by molar-refractivity contribution is 1.38. The van der Waals surface area contributed by atoms with Crippen LogP contribution in [0.5, 0.6) is 0 Å². The summed E-state index contributed by atoms with van der Waals surface area (Å²) in [6.45, 7) is 6.04. The Kier molecular flexibility index (Phi) is 4.12. The normalized spacial score (nSPS) is 11.9. The van der Waals surface area contributed by atoms with Gasteiger partial charge in [0, 0.05) is 43.9 Å². The maximum Gasteiger partial charge on any atom is 0.196 e. The first-order chi connectivity index (χ1) is 13.4. The van der Waals surface area contributed by atoms with E-state index in [2.05, 4.69) is 28.7 Å². The first-order valence-corrected chi connectivity index (χ1v) is 11.6. The largest absolute Gasteiger partial charge is 0.288 e. The summed E-state index contributed by atoms with van der Waals surface area (Å²) in [5, 5.41) is 3.00. The molecule has 0 saturated heterocycles. The van der Waals surface area contributed by atoms with Gasteiger partial charge in [-0.25, -0.2) is 0 Å². The van der Waals surface area contributed by atoms with Crippen LogP contribution in [0.2, 0.25) is 0 Å². The predicted molar refractivity (Wildman–Crippen MR) is 132 cm³/mol. The third-order valence-corrected chi connectivity index (χ3v) is 8.93. The van der Waals surface area contributed by atoms with E-state index >= 15 is 0 Å². The van der Waals surface area contributed by atoms with Crippen molar-refractivity contribution in [2.45, 2.75) is 20.8 Å². The SMILES string of the molecule is Cc1ccc2sc3cc4c(=O)c5c(C)c(I)ccc5sc4cc3c(=O)c2c1C. The zero-order valence-electron chi connectivity index (χ0n) is 15.5. The molecule has 3 aromatic carbocycles. The van der Waals surface area contributed by atoms with Crippen LogP contribution in [0.15, 0.2) is 46.0 Å². The standard InChI is InChI=1S/C23H15IO2S2/c1-10-4-6-16-20(11(10)2)22(25)13-8-19-14(9-18(13)27-16)23(26)21-12(3)15(24)5-7-17(21)28-19/h4-9H,1-3H3. The Balaban J connectivity index is 2.02. The van der Waals surface area contributed by atoms with E-state index in [1.54, 1.807) is 22.7 Å². The van der Waals surface area contributed by atoms with Gasteiger partial charge in [-0.05, 0) is 90.4 Å². The number of halogens is 1. The summed E-state index contributed by atoms with van der Waals surface area (Å²) in [7, 11) is 0. The highest BCUT2D eigenvalue weighted by Crippen LogP contribution is 2.34. The molecule has 0 fully saturated rings. The molecule has 28 heavy (non-hydrogen) atoms. The van der Waals surface area contributed by atoms with Crippen molar-refractivity contribution in [3.8, 4) is 0 Å². The molecule has 5 aromatic rings. The minimum atomic E-state index is 0.0569. The van der Waals surface area contributed by atoms with E-state index in [-0.39, 0.29) is 10.9 Å². The molecule has 2 nitrogen and oxygen atoms in total. The Hall–Kier alpha value is -1.83. The molecule has 0 N–H and O–H groups in total. The topological polar surface area (TPSA) is 34.1 Å². The van der Waals surface area contributed by atoms with Crippen LogP contribution in [0.1, 0.15) is 16.7 Å². The second-order valence-electron chi connectivity index (χ2n) is 7.13. The van der Waals surface area contributed by atoms with Gasteiger partial charge in [-0.3, -0.25) is 9.59 Å². The molecule has 0 atom stereocenters. The lowest BCUT2D eigenvalue weighted by atomic mass is 10.0. The van der Waals surface area contributed by atoms with Crippen LogP contribution in [0.3, 0.4) is 0 Å². The van der Waals surface area contributed by atoms with Crippen LogP contribution in [0, 0.1) is 24.3 Å². The van der Waals surface area contributed by atoms with Crippen molar-refractivity contribution in [2.24, 2.45) is 0 Å². The Morgan fingerprint density at radius 1 is 0.679 bits per heavy atom. The van der Waals surface area contributed by atoms with Gasteiger partial charge in [0.15, 0.2) is 10.9 Å². The molecule has 5 heteroatoms. The summed E-state index contributed by atoms with van der Waals surface area (Å²) in [6.07, 6.45) is 0. The molecule has 0 amide bonds. The summed E-state index contributed by atoms with van der Waals surface area (Å²) < 4.78 is 4.79. The monoisotopic (exact) mass is 514 g/mol. The Labute approximate surface area is 182 Å². The maximum atomic E-state index is 13.3. The molecule has 0 aliphatic rings. The lowest BCUT2D eigenvalue weighted by Crippen LogP contribution is -2.06. The highest BCUT2D eigenvalue weighted by molar-refractivity contribution is 14.1. The van der Waals surface area contributed by atoms with E-state index in [1.165, 1.54) is 0 Å². The van der Waals surface area contributed by atoms with Gasteiger partial charge in [0.2, 0.25) is 0 Å². The van der Waals surface area contributed by atoms with E-state index < -0.39 is 0 Å². The average Bonchev–Trinajstić information content (AvgIpc) is 2.67. The summed E-state index contributed by atoms with van der Waals surface area (Å²) in [5.41, 5.74) is 3.31. The molecule has 2 aromatic heterocycles. The molecule has 0 unspecified atom stereocenters. The first-order valence-electron chi connectivity index (χ1n) is 8.89. The van der Waals surface area contributed by atoms with Crippen LogP contribution < -0.4 is 10.9 Å². The number of hydrogen-bond acceptors (Lipinski definition) is 4. The van der Waals surface area contributed by atoms with Crippen LogP contribution in [-0.4, -0.2) is 0 Å². The Morgan fingerprint density at radius 3 is 1.75 bits per heavy atom. The van der Waals surface area contributed by atoms with Crippen LogP contribution in [0.4, 0.5) is 0 Å². The van der Waals surface area contributed by atoms with Crippen molar-refractivity contribution < 1.29 is 0 Å². The molecule has 0 aliphatic carbocycles. The summed E-state index contributed by atoms with van der Waals surface area (Å²) in [4.78, 5) is 26.6. The average molecular weight is 514 g/mol. The minimum absolute atomic E-state index is 0.0569. The van der Waals surface area contributed by atoms with E-state index in [0.29, 0.717) is 10.8 Å². The fraction of sp³-hybridized carbons (Fsp3) is 0.130. The van der Waals surface area contributed by atoms with Crippen molar-refractivity contribution in [3.63, 3.8) is 0 Å². The van der Waals surface area contributed by atoms with E-state index in [9.17, 15) is 9.59 Å². The van der Waals surface area contributed by atoms with E-state index in [4.69, 9.17) is 0 Å². The number of rotatable bonds is 0. The van der Waals surface area contributed by atoms with Crippen molar-refractivity contribution >= 4 is 85.6 Å². The van der Waals surface area contributed by atoms with E-state index in [1.807, 2.05) is 51.1 Å². The third kappa shape index (κ3) is 2.49. The second kappa shape index (κ2) is 6.34. The zero-order valence-corrected chi connectivity index (χ0v) is 19.3. The summed E-state index contributed by atoms with van der Waals surface area (Å²) >= 11 is 5.45. The van der Waals surface area contributed by atoms with Crippen molar-refractivity contribution in [3.05, 3.63) is 77.1 Å². The highest BCUT2D eigenvalue weighted by Gasteiger charge is 2.15. The molecule has 0 bridgehead atoms. The second-order valence-corrected chi connectivity index (χ2v) is 10.5. The Bertz CT molecular complexity index is 1470. The van der Waals surface area contributed by atoms with Gasteiger partial charge in [-0.2, -0.15) is 0 Å². The van der Waals surface area contributed by atoms with Crippen LogP contribution in [-0.2, 0) is 0 Å². The quantitative estimate of drug-likeness (QED) is 0.171. The zero-order chi connectivity index (χ0) is 19.7. The van der Waals surface area contributed by atoms with Gasteiger partial charge in [0.1, 0.15) is 0 Å². The van der Waals surface area contributed by atoms with Crippen LogP contribution in [0.25, 0.3) is 40.3 Å². The predicted octanol–water partition coefficient (Wildman–Crippen LogP) is 6.67. The lowest BCUT2D eigenvalue weighted by Gasteiger charge is -2.09. The van der Waals surface area contributed by atoms with Gasteiger partial charge in [-0.15, -0.1) is 22.7 Å². The van der Waals surface area contributed by atoms with Gasteiger partial charge >= 0.3 is 0 Å². The van der Waals surface area contributed by atoms with E-state index in [0.717, 1.165) is 49.8 Å². The molecular weight excluding hydrogens is 499 g/mol. The first kappa shape index (κ1) is 18.2. The fourth-order valence-corrected chi connectivity index (χ4v) is 6.54. The minimum Gasteiger partial charge on any atom is -0.288 e. The Morgan fingerprint density at radius 2 is 1.18 bits per heavy atom. The highest BCUT2D eigenvalue weighted by atomic mass is 127. The van der Waals surface area contributed by atoms with Crippen molar-refractivity contribution in [2.75, 3.05) is 0 Å². The number of benzene rings is 3. The summed E-state index contributed by atoms with van der Waals surface area (Å²) in [5.74, 6) is 0. The van der Waals surface area contributed by atoms with Crippen molar-refractivity contribution in [1.29, 1.82) is 0 Å². The maximum absolute atomic E-state index is 13.3. The fourth-order valence-electron chi connectivity index (χ4n) is 3.78. The van der Waals surface area contributed by atoms with Gasteiger partial charge < -0.3 is 0 Å². The number of aryl methyl sites for hydroxylation is 3. The molecule has 0 aliphatic heterocycles.